The van der Waals surface area contributed by atoms with E-state index in [1.54, 1.807) is 31.2 Å². The van der Waals surface area contributed by atoms with Gasteiger partial charge in [-0.3, -0.25) is 0 Å². The van der Waals surface area contributed by atoms with Gasteiger partial charge in [-0.1, -0.05) is 11.3 Å². The summed E-state index contributed by atoms with van der Waals surface area (Å²) in [4.78, 5) is 24.4. The van der Waals surface area contributed by atoms with Crippen LogP contribution in [0.3, 0.4) is 0 Å². The van der Waals surface area contributed by atoms with Crippen LogP contribution in [0, 0.1) is 6.92 Å². The van der Waals surface area contributed by atoms with E-state index >= 15 is 0 Å². The molecule has 0 aliphatic rings. The highest BCUT2D eigenvalue weighted by Crippen LogP contribution is 2.29. The molecule has 0 aliphatic carbocycles. The quantitative estimate of drug-likeness (QED) is 0.568. The number of anilines is 2. The van der Waals surface area contributed by atoms with Crippen LogP contribution in [0.4, 0.5) is 10.9 Å². The number of fused-ring (bicyclic) bond motifs is 1. The molecule has 1 aromatic carbocycles. The number of nitrogens with zero attached hydrogens (tertiary/aromatic N) is 3. The fraction of sp³-hybridized carbons (Fsp3) is 0.200. The number of hydrogen-bond acceptors (Lipinski definition) is 7. The van der Waals surface area contributed by atoms with Gasteiger partial charge >= 0.3 is 5.97 Å². The van der Waals surface area contributed by atoms with Gasteiger partial charge in [0.15, 0.2) is 5.13 Å². The lowest BCUT2D eigenvalue weighted by atomic mass is 10.2. The molecular formula is C15H13ClN4O2S. The second-order valence-electron chi connectivity index (χ2n) is 4.71. The summed E-state index contributed by atoms with van der Waals surface area (Å²) in [6, 6.07) is 7.05. The van der Waals surface area contributed by atoms with Gasteiger partial charge in [-0.15, -0.1) is 0 Å². The maximum Gasteiger partial charge on any atom is 0.338 e. The third kappa shape index (κ3) is 3.57. The first-order chi connectivity index (χ1) is 11.0. The van der Waals surface area contributed by atoms with Crippen LogP contribution < -0.4 is 5.32 Å². The molecule has 0 spiro atoms. The largest absolute Gasteiger partial charge is 0.462 e. The molecule has 0 fully saturated rings. The fourth-order valence-corrected chi connectivity index (χ4v) is 3.16. The molecule has 8 heteroatoms. The van der Waals surface area contributed by atoms with Crippen LogP contribution in [0.2, 0.25) is 5.28 Å². The number of nitrogens with one attached hydrogen (secondary N) is 1. The van der Waals surface area contributed by atoms with Gasteiger partial charge in [0.25, 0.3) is 0 Å². The number of ether oxygens (including phenoxy) is 1. The number of hydrogen-bond donors (Lipinski definition) is 1. The summed E-state index contributed by atoms with van der Waals surface area (Å²) >= 11 is 7.27. The normalized spacial score (nSPS) is 10.7. The van der Waals surface area contributed by atoms with E-state index in [1.165, 1.54) is 11.3 Å². The third-order valence-corrected chi connectivity index (χ3v) is 4.06. The molecule has 0 aliphatic heterocycles. The first kappa shape index (κ1) is 15.6. The molecule has 0 saturated carbocycles. The lowest BCUT2D eigenvalue weighted by Crippen LogP contribution is -2.03. The maximum atomic E-state index is 11.8. The molecule has 0 amide bonds. The first-order valence-corrected chi connectivity index (χ1v) is 8.10. The molecule has 0 radical (unpaired) electrons. The van der Waals surface area contributed by atoms with Crippen LogP contribution in [-0.2, 0) is 4.74 Å². The van der Waals surface area contributed by atoms with Gasteiger partial charge in [0.1, 0.15) is 5.82 Å². The number of aryl methyl sites for hydroxylation is 1. The molecule has 0 unspecified atom stereocenters. The van der Waals surface area contributed by atoms with Crippen LogP contribution >= 0.6 is 22.9 Å². The van der Waals surface area contributed by atoms with Gasteiger partial charge in [0.05, 0.1) is 22.4 Å². The first-order valence-electron chi connectivity index (χ1n) is 6.91. The Morgan fingerprint density at radius 1 is 1.30 bits per heavy atom. The smallest absolute Gasteiger partial charge is 0.338 e. The Bertz CT molecular complexity index is 861. The van der Waals surface area contributed by atoms with E-state index in [-0.39, 0.29) is 11.3 Å². The van der Waals surface area contributed by atoms with Crippen LogP contribution in [0.25, 0.3) is 10.2 Å². The second-order valence-corrected chi connectivity index (χ2v) is 6.08. The van der Waals surface area contributed by atoms with Gasteiger partial charge < -0.3 is 10.1 Å². The Morgan fingerprint density at radius 3 is 2.87 bits per heavy atom. The zero-order chi connectivity index (χ0) is 16.4. The van der Waals surface area contributed by atoms with Crippen molar-refractivity contribution in [2.24, 2.45) is 0 Å². The molecule has 118 valence electrons. The van der Waals surface area contributed by atoms with Crippen molar-refractivity contribution >= 4 is 50.1 Å². The highest BCUT2D eigenvalue weighted by molar-refractivity contribution is 7.22. The third-order valence-electron chi connectivity index (χ3n) is 2.96. The Morgan fingerprint density at radius 2 is 2.13 bits per heavy atom. The maximum absolute atomic E-state index is 11.8. The van der Waals surface area contributed by atoms with Crippen LogP contribution in [-0.4, -0.2) is 27.5 Å². The van der Waals surface area contributed by atoms with Crippen LogP contribution in [0.5, 0.6) is 0 Å². The van der Waals surface area contributed by atoms with Crippen molar-refractivity contribution in [1.29, 1.82) is 0 Å². The summed E-state index contributed by atoms with van der Waals surface area (Å²) in [5.74, 6) is 0.239. The SMILES string of the molecule is CCOC(=O)c1ccc2nc(Nc3cc(C)nc(Cl)n3)sc2c1. The van der Waals surface area contributed by atoms with Gasteiger partial charge in [0.2, 0.25) is 5.28 Å². The van der Waals surface area contributed by atoms with E-state index in [0.29, 0.717) is 23.1 Å². The Balaban J connectivity index is 1.89. The van der Waals surface area contributed by atoms with Crippen molar-refractivity contribution in [3.8, 4) is 0 Å². The lowest BCUT2D eigenvalue weighted by Gasteiger charge is -2.02. The molecule has 0 saturated heterocycles. The van der Waals surface area contributed by atoms with Crippen molar-refractivity contribution in [3.63, 3.8) is 0 Å². The van der Waals surface area contributed by atoms with E-state index in [9.17, 15) is 4.79 Å². The number of thiazole rings is 1. The van der Waals surface area contributed by atoms with E-state index in [0.717, 1.165) is 15.9 Å². The molecule has 1 N–H and O–H groups in total. The molecule has 3 rings (SSSR count). The van der Waals surface area contributed by atoms with Crippen molar-refractivity contribution in [2.45, 2.75) is 13.8 Å². The predicted molar refractivity (Wildman–Crippen MR) is 90.6 cm³/mol. The Kier molecular flexibility index (Phi) is 4.40. The van der Waals surface area contributed by atoms with E-state index < -0.39 is 0 Å². The number of esters is 1. The number of carbonyl (C=O) groups is 1. The summed E-state index contributed by atoms with van der Waals surface area (Å²) in [7, 11) is 0. The summed E-state index contributed by atoms with van der Waals surface area (Å²) in [6.45, 7) is 3.96. The monoisotopic (exact) mass is 348 g/mol. The number of aromatic nitrogens is 3. The summed E-state index contributed by atoms with van der Waals surface area (Å²) in [5.41, 5.74) is 2.07. The van der Waals surface area contributed by atoms with Crippen molar-refractivity contribution < 1.29 is 9.53 Å². The Hall–Kier alpha value is -2.25. The van der Waals surface area contributed by atoms with Crippen LogP contribution in [0.15, 0.2) is 24.3 Å². The zero-order valence-corrected chi connectivity index (χ0v) is 14.0. The minimum Gasteiger partial charge on any atom is -0.462 e. The Labute approximate surface area is 141 Å². The fourth-order valence-electron chi connectivity index (χ4n) is 2.03. The molecule has 3 aromatic rings. The molecule has 23 heavy (non-hydrogen) atoms. The average molecular weight is 349 g/mol. The molecule has 2 aromatic heterocycles. The van der Waals surface area contributed by atoms with Gasteiger partial charge in [-0.05, 0) is 43.6 Å². The molecule has 0 atom stereocenters. The number of rotatable bonds is 4. The molecular weight excluding hydrogens is 336 g/mol. The summed E-state index contributed by atoms with van der Waals surface area (Å²) in [6.07, 6.45) is 0. The number of carbonyl (C=O) groups excluding carboxylic acids is 1. The number of halogens is 1. The number of benzene rings is 1. The minimum atomic E-state index is -0.337. The lowest BCUT2D eigenvalue weighted by molar-refractivity contribution is 0.0526. The average Bonchev–Trinajstić information content (AvgIpc) is 2.87. The van der Waals surface area contributed by atoms with Gasteiger partial charge in [-0.2, -0.15) is 0 Å². The summed E-state index contributed by atoms with van der Waals surface area (Å²) in [5, 5.41) is 3.95. The summed E-state index contributed by atoms with van der Waals surface area (Å²) < 4.78 is 5.89. The second kappa shape index (κ2) is 6.47. The van der Waals surface area contributed by atoms with Crippen molar-refractivity contribution in [1.82, 2.24) is 15.0 Å². The van der Waals surface area contributed by atoms with Gasteiger partial charge in [-0.25, -0.2) is 19.7 Å². The van der Waals surface area contributed by atoms with Crippen LogP contribution in [0.1, 0.15) is 23.0 Å². The van der Waals surface area contributed by atoms with Gasteiger partial charge in [0, 0.05) is 11.8 Å². The molecule has 2 heterocycles. The van der Waals surface area contributed by atoms with Crippen molar-refractivity contribution in [3.05, 3.63) is 40.8 Å². The predicted octanol–water partition coefficient (Wildman–Crippen LogP) is 3.97. The molecule has 6 nitrogen and oxygen atoms in total. The standard InChI is InChI=1S/C15H13ClN4O2S/c1-3-22-13(21)9-4-5-10-11(7-9)23-15(18-10)20-12-6-8(2)17-14(16)19-12/h4-7H,3H2,1-2H3,(H,17,18,19,20). The zero-order valence-electron chi connectivity index (χ0n) is 12.5. The van der Waals surface area contributed by atoms with E-state index in [4.69, 9.17) is 16.3 Å². The minimum absolute atomic E-state index is 0.179. The van der Waals surface area contributed by atoms with E-state index in [1.807, 2.05) is 6.92 Å². The van der Waals surface area contributed by atoms with E-state index in [2.05, 4.69) is 20.3 Å². The highest BCUT2D eigenvalue weighted by atomic mass is 35.5. The topological polar surface area (TPSA) is 77.0 Å². The van der Waals surface area contributed by atoms with Crippen molar-refractivity contribution in [2.75, 3.05) is 11.9 Å². The molecule has 0 bridgehead atoms. The highest BCUT2D eigenvalue weighted by Gasteiger charge is 2.11.